The molecule has 2 nitrogen and oxygen atoms in total. The summed E-state index contributed by atoms with van der Waals surface area (Å²) < 4.78 is 5.64. The normalized spacial score (nSPS) is 29.0. The predicted molar refractivity (Wildman–Crippen MR) is 63.0 cm³/mol. The van der Waals surface area contributed by atoms with Crippen LogP contribution < -0.4 is 5.32 Å². The molecule has 0 aromatic carbocycles. The minimum absolute atomic E-state index is 0.580. The van der Waals surface area contributed by atoms with Crippen LogP contribution >= 0.6 is 0 Å². The third-order valence-electron chi connectivity index (χ3n) is 3.87. The van der Waals surface area contributed by atoms with Crippen molar-refractivity contribution >= 4 is 0 Å². The zero-order chi connectivity index (χ0) is 10.5. The van der Waals surface area contributed by atoms with Crippen molar-refractivity contribution in [2.45, 2.75) is 64.0 Å². The number of nitrogens with one attached hydrogen (secondary N) is 1. The summed E-state index contributed by atoms with van der Waals surface area (Å²) in [5.41, 5.74) is 0. The van der Waals surface area contributed by atoms with Crippen LogP contribution in [0.3, 0.4) is 0 Å². The second kappa shape index (κ2) is 5.86. The molecule has 2 rings (SSSR count). The Balaban J connectivity index is 1.49. The first-order valence-corrected chi connectivity index (χ1v) is 6.69. The SMILES string of the molecule is CC(CCC1CCCO1)CNC1CCC1. The van der Waals surface area contributed by atoms with Crippen molar-refractivity contribution in [2.24, 2.45) is 5.92 Å². The lowest BCUT2D eigenvalue weighted by Crippen LogP contribution is -2.37. The Morgan fingerprint density at radius 3 is 2.73 bits per heavy atom. The smallest absolute Gasteiger partial charge is 0.0576 e. The molecule has 2 atom stereocenters. The van der Waals surface area contributed by atoms with Crippen molar-refractivity contribution in [3.05, 3.63) is 0 Å². The fraction of sp³-hybridized carbons (Fsp3) is 1.00. The molecule has 0 amide bonds. The van der Waals surface area contributed by atoms with E-state index in [0.29, 0.717) is 6.10 Å². The molecule has 1 N–H and O–H groups in total. The van der Waals surface area contributed by atoms with Gasteiger partial charge in [-0.15, -0.1) is 0 Å². The number of hydrogen-bond acceptors (Lipinski definition) is 2. The molecule has 2 fully saturated rings. The van der Waals surface area contributed by atoms with Crippen molar-refractivity contribution in [1.82, 2.24) is 5.32 Å². The largest absolute Gasteiger partial charge is 0.378 e. The van der Waals surface area contributed by atoms with Crippen molar-refractivity contribution in [1.29, 1.82) is 0 Å². The average Bonchev–Trinajstić information content (AvgIpc) is 2.64. The highest BCUT2D eigenvalue weighted by atomic mass is 16.5. The molecule has 1 saturated heterocycles. The molecule has 0 spiro atoms. The van der Waals surface area contributed by atoms with Crippen molar-refractivity contribution in [3.8, 4) is 0 Å². The van der Waals surface area contributed by atoms with Gasteiger partial charge in [0, 0.05) is 12.6 Å². The van der Waals surface area contributed by atoms with Crippen LogP contribution in [0.2, 0.25) is 0 Å². The predicted octanol–water partition coefficient (Wildman–Crippen LogP) is 2.72. The molecular weight excluding hydrogens is 186 g/mol. The van der Waals surface area contributed by atoms with Crippen LogP contribution in [0, 0.1) is 5.92 Å². The lowest BCUT2D eigenvalue weighted by Gasteiger charge is -2.28. The standard InChI is InChI=1S/C13H25NO/c1-11(10-14-12-4-2-5-12)7-8-13-6-3-9-15-13/h11-14H,2-10H2,1H3. The summed E-state index contributed by atoms with van der Waals surface area (Å²) in [6.07, 6.45) is 9.98. The first kappa shape index (κ1) is 11.4. The monoisotopic (exact) mass is 211 g/mol. The molecule has 0 bridgehead atoms. The van der Waals surface area contributed by atoms with Gasteiger partial charge in [-0.05, 0) is 51.0 Å². The highest BCUT2D eigenvalue weighted by molar-refractivity contribution is 4.77. The molecule has 1 heterocycles. The van der Waals surface area contributed by atoms with Gasteiger partial charge in [-0.3, -0.25) is 0 Å². The summed E-state index contributed by atoms with van der Waals surface area (Å²) in [7, 11) is 0. The molecule has 15 heavy (non-hydrogen) atoms. The minimum Gasteiger partial charge on any atom is -0.378 e. The second-order valence-corrected chi connectivity index (χ2v) is 5.35. The summed E-state index contributed by atoms with van der Waals surface area (Å²) in [6, 6.07) is 0.843. The van der Waals surface area contributed by atoms with Gasteiger partial charge in [0.05, 0.1) is 6.10 Å². The van der Waals surface area contributed by atoms with Crippen LogP contribution in [0.1, 0.15) is 51.9 Å². The molecule has 0 radical (unpaired) electrons. The molecule has 0 aromatic rings. The van der Waals surface area contributed by atoms with E-state index in [1.165, 1.54) is 51.5 Å². The number of hydrogen-bond donors (Lipinski definition) is 1. The average molecular weight is 211 g/mol. The van der Waals surface area contributed by atoms with Gasteiger partial charge in [0.15, 0.2) is 0 Å². The van der Waals surface area contributed by atoms with Gasteiger partial charge in [-0.25, -0.2) is 0 Å². The Hall–Kier alpha value is -0.0800. The molecule has 1 saturated carbocycles. The summed E-state index contributed by atoms with van der Waals surface area (Å²) in [4.78, 5) is 0. The van der Waals surface area contributed by atoms with E-state index in [9.17, 15) is 0 Å². The van der Waals surface area contributed by atoms with Gasteiger partial charge >= 0.3 is 0 Å². The molecule has 1 aliphatic carbocycles. The molecular formula is C13H25NO. The van der Waals surface area contributed by atoms with E-state index in [0.717, 1.165) is 18.6 Å². The van der Waals surface area contributed by atoms with E-state index in [2.05, 4.69) is 12.2 Å². The Morgan fingerprint density at radius 2 is 2.13 bits per heavy atom. The lowest BCUT2D eigenvalue weighted by molar-refractivity contribution is 0.0984. The van der Waals surface area contributed by atoms with Crippen molar-refractivity contribution in [2.75, 3.05) is 13.2 Å². The van der Waals surface area contributed by atoms with E-state index in [1.807, 2.05) is 0 Å². The molecule has 2 heteroatoms. The van der Waals surface area contributed by atoms with Gasteiger partial charge in [0.25, 0.3) is 0 Å². The molecule has 88 valence electrons. The highest BCUT2D eigenvalue weighted by Crippen LogP contribution is 2.21. The van der Waals surface area contributed by atoms with E-state index >= 15 is 0 Å². The minimum atomic E-state index is 0.580. The third-order valence-corrected chi connectivity index (χ3v) is 3.87. The maximum Gasteiger partial charge on any atom is 0.0576 e. The van der Waals surface area contributed by atoms with Crippen LogP contribution in [0.5, 0.6) is 0 Å². The van der Waals surface area contributed by atoms with Crippen LogP contribution in [-0.4, -0.2) is 25.3 Å². The van der Waals surface area contributed by atoms with Crippen molar-refractivity contribution < 1.29 is 4.74 Å². The van der Waals surface area contributed by atoms with E-state index in [4.69, 9.17) is 4.74 Å². The van der Waals surface area contributed by atoms with E-state index < -0.39 is 0 Å². The quantitative estimate of drug-likeness (QED) is 0.729. The Morgan fingerprint density at radius 1 is 1.27 bits per heavy atom. The fourth-order valence-electron chi connectivity index (χ4n) is 2.42. The summed E-state index contributed by atoms with van der Waals surface area (Å²) in [6.45, 7) is 4.57. The first-order valence-electron chi connectivity index (χ1n) is 6.69. The van der Waals surface area contributed by atoms with Crippen LogP contribution in [0.4, 0.5) is 0 Å². The number of rotatable bonds is 6. The zero-order valence-electron chi connectivity index (χ0n) is 10.0. The van der Waals surface area contributed by atoms with Gasteiger partial charge in [0.2, 0.25) is 0 Å². The van der Waals surface area contributed by atoms with Gasteiger partial charge in [-0.2, -0.15) is 0 Å². The summed E-state index contributed by atoms with van der Waals surface area (Å²) in [5, 5.41) is 3.65. The van der Waals surface area contributed by atoms with Crippen LogP contribution in [0.25, 0.3) is 0 Å². The van der Waals surface area contributed by atoms with Crippen LogP contribution in [0.15, 0.2) is 0 Å². The molecule has 2 aliphatic rings. The van der Waals surface area contributed by atoms with E-state index in [1.54, 1.807) is 0 Å². The Bertz CT molecular complexity index is 173. The maximum absolute atomic E-state index is 5.64. The maximum atomic E-state index is 5.64. The van der Waals surface area contributed by atoms with Crippen LogP contribution in [-0.2, 0) is 4.74 Å². The molecule has 1 aliphatic heterocycles. The molecule has 2 unspecified atom stereocenters. The van der Waals surface area contributed by atoms with Gasteiger partial charge in [-0.1, -0.05) is 13.3 Å². The number of ether oxygens (including phenoxy) is 1. The zero-order valence-corrected chi connectivity index (χ0v) is 10.0. The highest BCUT2D eigenvalue weighted by Gasteiger charge is 2.19. The topological polar surface area (TPSA) is 21.3 Å². The Kier molecular flexibility index (Phi) is 4.45. The summed E-state index contributed by atoms with van der Waals surface area (Å²) >= 11 is 0. The lowest BCUT2D eigenvalue weighted by atomic mass is 9.92. The van der Waals surface area contributed by atoms with Crippen molar-refractivity contribution in [3.63, 3.8) is 0 Å². The third kappa shape index (κ3) is 3.76. The van der Waals surface area contributed by atoms with Gasteiger partial charge in [0.1, 0.15) is 0 Å². The fourth-order valence-corrected chi connectivity index (χ4v) is 2.42. The molecule has 0 aromatic heterocycles. The summed E-state index contributed by atoms with van der Waals surface area (Å²) in [5.74, 6) is 0.815. The second-order valence-electron chi connectivity index (χ2n) is 5.35. The van der Waals surface area contributed by atoms with Gasteiger partial charge < -0.3 is 10.1 Å². The Labute approximate surface area is 93.8 Å². The van der Waals surface area contributed by atoms with E-state index in [-0.39, 0.29) is 0 Å². The first-order chi connectivity index (χ1) is 7.34.